The summed E-state index contributed by atoms with van der Waals surface area (Å²) in [5, 5.41) is 3.80. The maximum Gasteiger partial charge on any atom is 0.317 e. The summed E-state index contributed by atoms with van der Waals surface area (Å²) in [6, 6.07) is 3.39. The molecule has 0 radical (unpaired) electrons. The molecule has 1 spiro atoms. The molecule has 4 aliphatic carbocycles. The topological polar surface area (TPSA) is 74.8 Å². The number of nitrogens with zero attached hydrogens (tertiary/aromatic N) is 3. The van der Waals surface area contributed by atoms with E-state index in [-0.39, 0.29) is 28.0 Å². The first-order chi connectivity index (χ1) is 16.3. The van der Waals surface area contributed by atoms with Gasteiger partial charge in [-0.1, -0.05) is 11.6 Å². The van der Waals surface area contributed by atoms with Crippen LogP contribution in [0.25, 0.3) is 0 Å². The van der Waals surface area contributed by atoms with Crippen LogP contribution in [-0.2, 0) is 0 Å². The number of carbonyl (C=O) groups excluding carboxylic acids is 2. The average molecular weight is 487 g/mol. The maximum atomic E-state index is 13.3. The van der Waals surface area contributed by atoms with Crippen LogP contribution in [0.3, 0.4) is 0 Å². The van der Waals surface area contributed by atoms with Crippen molar-refractivity contribution in [3.8, 4) is 5.88 Å². The van der Waals surface area contributed by atoms with Gasteiger partial charge in [0.1, 0.15) is 5.15 Å². The van der Waals surface area contributed by atoms with Crippen molar-refractivity contribution in [2.75, 3.05) is 33.3 Å². The van der Waals surface area contributed by atoms with Crippen molar-refractivity contribution in [3.63, 3.8) is 0 Å². The number of carbonyl (C=O) groups is 2. The zero-order valence-corrected chi connectivity index (χ0v) is 20.8. The number of hydrogen-bond donors (Lipinski definition) is 1. The molecule has 1 aromatic rings. The van der Waals surface area contributed by atoms with Gasteiger partial charge in [-0.3, -0.25) is 4.79 Å². The van der Waals surface area contributed by atoms with Gasteiger partial charge in [0.15, 0.2) is 0 Å². The summed E-state index contributed by atoms with van der Waals surface area (Å²) in [6.07, 6.45) is 10.6. The van der Waals surface area contributed by atoms with E-state index >= 15 is 0 Å². The van der Waals surface area contributed by atoms with E-state index in [1.165, 1.54) is 45.6 Å². The van der Waals surface area contributed by atoms with Gasteiger partial charge in [0.25, 0.3) is 5.91 Å². The molecule has 4 bridgehead atoms. The molecule has 6 fully saturated rings. The molecule has 2 saturated heterocycles. The molecule has 34 heavy (non-hydrogen) atoms. The van der Waals surface area contributed by atoms with Gasteiger partial charge in [0.2, 0.25) is 5.88 Å². The van der Waals surface area contributed by atoms with Crippen molar-refractivity contribution < 1.29 is 14.3 Å². The Balaban J connectivity index is 1.06. The van der Waals surface area contributed by atoms with E-state index in [0.29, 0.717) is 24.5 Å². The standard InChI is InChI=1S/C26H35ClN4O3/c1-34-22-12-20(11-21(27)28-22)23(32)30-5-2-25(3-6-30)4-7-31(16-25)24(33)29-26-13-17-8-18(14-26)10-19(9-17)15-26/h11-12,17-19H,2-10,13-16H2,1H3,(H,29,33). The van der Waals surface area contributed by atoms with Crippen molar-refractivity contribution in [3.05, 3.63) is 22.8 Å². The molecule has 0 atom stereocenters. The molecule has 8 heteroatoms. The Hall–Kier alpha value is -2.02. The Bertz CT molecular complexity index is 955. The summed E-state index contributed by atoms with van der Waals surface area (Å²) >= 11 is 6.06. The van der Waals surface area contributed by atoms with Crippen LogP contribution < -0.4 is 10.1 Å². The fourth-order valence-corrected chi connectivity index (χ4v) is 8.35. The van der Waals surface area contributed by atoms with Gasteiger partial charge in [-0.2, -0.15) is 0 Å². The number of methoxy groups -OCH3 is 1. The Morgan fingerprint density at radius 2 is 1.59 bits per heavy atom. The van der Waals surface area contributed by atoms with Crippen LogP contribution in [0.2, 0.25) is 5.15 Å². The molecule has 184 valence electrons. The zero-order valence-electron chi connectivity index (χ0n) is 20.0. The van der Waals surface area contributed by atoms with E-state index < -0.39 is 0 Å². The molecule has 0 aromatic carbocycles. The molecule has 0 unspecified atom stereocenters. The highest BCUT2D eigenvalue weighted by Crippen LogP contribution is 2.55. The normalized spacial score (nSPS) is 33.4. The van der Waals surface area contributed by atoms with E-state index in [4.69, 9.17) is 16.3 Å². The molecule has 3 amide bonds. The first kappa shape index (κ1) is 22.4. The number of aromatic nitrogens is 1. The van der Waals surface area contributed by atoms with E-state index in [9.17, 15) is 9.59 Å². The van der Waals surface area contributed by atoms with Crippen LogP contribution in [-0.4, -0.2) is 65.5 Å². The number of nitrogens with one attached hydrogen (secondary N) is 1. The number of hydrogen-bond acceptors (Lipinski definition) is 4. The number of likely N-dealkylation sites (tertiary alicyclic amines) is 2. The predicted octanol–water partition coefficient (Wildman–Crippen LogP) is 4.35. The highest BCUT2D eigenvalue weighted by molar-refractivity contribution is 6.29. The van der Waals surface area contributed by atoms with Crippen LogP contribution in [0.4, 0.5) is 4.79 Å². The van der Waals surface area contributed by atoms with Gasteiger partial charge in [-0.05, 0) is 87.0 Å². The third kappa shape index (κ3) is 4.04. The summed E-state index contributed by atoms with van der Waals surface area (Å²) in [4.78, 5) is 34.4. The summed E-state index contributed by atoms with van der Waals surface area (Å²) in [5.74, 6) is 2.79. The monoisotopic (exact) mass is 486 g/mol. The van der Waals surface area contributed by atoms with Gasteiger partial charge in [0, 0.05) is 43.3 Å². The van der Waals surface area contributed by atoms with Gasteiger partial charge in [-0.25, -0.2) is 9.78 Å². The van der Waals surface area contributed by atoms with Crippen LogP contribution in [0, 0.1) is 23.2 Å². The number of piperidine rings is 1. The lowest BCUT2D eigenvalue weighted by Crippen LogP contribution is -2.61. The van der Waals surface area contributed by atoms with E-state index in [1.54, 1.807) is 12.1 Å². The SMILES string of the molecule is COc1cc(C(=O)N2CCC3(CCN(C(=O)NC45CC6CC(CC(C6)C4)C5)C3)CC2)cc(Cl)n1. The third-order valence-electron chi connectivity index (χ3n) is 9.47. The summed E-state index contributed by atoms with van der Waals surface area (Å²) < 4.78 is 5.16. The molecule has 4 saturated carbocycles. The average Bonchev–Trinajstić information content (AvgIpc) is 3.21. The quantitative estimate of drug-likeness (QED) is 0.644. The maximum absolute atomic E-state index is 13.3. The molecular weight excluding hydrogens is 452 g/mol. The highest BCUT2D eigenvalue weighted by atomic mass is 35.5. The van der Waals surface area contributed by atoms with Crippen molar-refractivity contribution in [2.45, 2.75) is 63.3 Å². The number of halogens is 1. The Kier molecular flexibility index (Phi) is 5.47. The molecule has 1 aromatic heterocycles. The molecule has 1 N–H and O–H groups in total. The minimum Gasteiger partial charge on any atom is -0.481 e. The Morgan fingerprint density at radius 1 is 1.00 bits per heavy atom. The van der Waals surface area contributed by atoms with Crippen LogP contribution >= 0.6 is 11.6 Å². The van der Waals surface area contributed by atoms with E-state index in [0.717, 1.165) is 50.1 Å². The number of amides is 3. The van der Waals surface area contributed by atoms with Crippen molar-refractivity contribution in [2.24, 2.45) is 23.2 Å². The number of urea groups is 1. The molecule has 6 aliphatic rings. The number of ether oxygens (including phenoxy) is 1. The summed E-state index contributed by atoms with van der Waals surface area (Å²) in [7, 11) is 1.52. The third-order valence-corrected chi connectivity index (χ3v) is 9.67. The summed E-state index contributed by atoms with van der Waals surface area (Å²) in [5.41, 5.74) is 0.698. The van der Waals surface area contributed by atoms with Gasteiger partial charge < -0.3 is 19.9 Å². The molecular formula is C26H35ClN4O3. The second kappa shape index (κ2) is 8.28. The minimum atomic E-state index is -0.0353. The van der Waals surface area contributed by atoms with Crippen molar-refractivity contribution >= 4 is 23.5 Å². The Morgan fingerprint density at radius 3 is 2.18 bits per heavy atom. The fraction of sp³-hybridized carbons (Fsp3) is 0.731. The van der Waals surface area contributed by atoms with Crippen molar-refractivity contribution in [1.82, 2.24) is 20.1 Å². The van der Waals surface area contributed by atoms with Crippen LogP contribution in [0.5, 0.6) is 5.88 Å². The Labute approximate surface area is 206 Å². The number of pyridine rings is 1. The molecule has 3 heterocycles. The van der Waals surface area contributed by atoms with Gasteiger partial charge in [0.05, 0.1) is 7.11 Å². The van der Waals surface area contributed by atoms with E-state index in [1.807, 2.05) is 4.90 Å². The lowest BCUT2D eigenvalue weighted by atomic mass is 9.53. The van der Waals surface area contributed by atoms with E-state index in [2.05, 4.69) is 15.2 Å². The summed E-state index contributed by atoms with van der Waals surface area (Å²) in [6.45, 7) is 3.03. The second-order valence-electron chi connectivity index (χ2n) is 11.8. The number of rotatable bonds is 3. The second-order valence-corrected chi connectivity index (χ2v) is 12.2. The first-order valence-electron chi connectivity index (χ1n) is 12.9. The molecule has 7 nitrogen and oxygen atoms in total. The van der Waals surface area contributed by atoms with Gasteiger partial charge in [-0.15, -0.1) is 0 Å². The lowest BCUT2D eigenvalue weighted by molar-refractivity contribution is -0.0156. The lowest BCUT2D eigenvalue weighted by Gasteiger charge is -2.57. The first-order valence-corrected chi connectivity index (χ1v) is 13.3. The molecule has 2 aliphatic heterocycles. The van der Waals surface area contributed by atoms with Gasteiger partial charge >= 0.3 is 6.03 Å². The predicted molar refractivity (Wildman–Crippen MR) is 129 cm³/mol. The highest BCUT2D eigenvalue weighted by Gasteiger charge is 2.52. The zero-order chi connectivity index (χ0) is 23.5. The fourth-order valence-electron chi connectivity index (χ4n) is 8.15. The van der Waals surface area contributed by atoms with Crippen LogP contribution in [0.1, 0.15) is 68.1 Å². The molecule has 7 rings (SSSR count). The largest absolute Gasteiger partial charge is 0.481 e. The minimum absolute atomic E-state index is 0.0353. The van der Waals surface area contributed by atoms with Crippen molar-refractivity contribution in [1.29, 1.82) is 0 Å². The smallest absolute Gasteiger partial charge is 0.317 e. The van der Waals surface area contributed by atoms with Crippen LogP contribution in [0.15, 0.2) is 12.1 Å².